The molecule has 2 heterocycles. The van der Waals surface area contributed by atoms with Gasteiger partial charge in [0, 0.05) is 41.2 Å². The van der Waals surface area contributed by atoms with Gasteiger partial charge in [-0.15, -0.1) is 0 Å². The van der Waals surface area contributed by atoms with E-state index in [0.717, 1.165) is 12.2 Å². The van der Waals surface area contributed by atoms with Crippen molar-refractivity contribution >= 4 is 23.2 Å². The Morgan fingerprint density at radius 2 is 1.85 bits per heavy atom. The molecular formula is C20H17N3O3. The van der Waals surface area contributed by atoms with Gasteiger partial charge in [0.2, 0.25) is 5.91 Å². The molecule has 2 atom stereocenters. The van der Waals surface area contributed by atoms with E-state index in [4.69, 9.17) is 4.42 Å². The molecule has 2 aromatic heterocycles. The Bertz CT molecular complexity index is 922. The summed E-state index contributed by atoms with van der Waals surface area (Å²) in [6, 6.07) is 14.0. The van der Waals surface area contributed by atoms with Crippen molar-refractivity contribution in [1.29, 1.82) is 0 Å². The van der Waals surface area contributed by atoms with E-state index in [1.165, 1.54) is 0 Å². The summed E-state index contributed by atoms with van der Waals surface area (Å²) in [6.07, 6.45) is 5.61. The summed E-state index contributed by atoms with van der Waals surface area (Å²) in [5, 5.41) is 5.68. The molecule has 6 heteroatoms. The average Bonchev–Trinajstić information content (AvgIpc) is 3.28. The normalized spacial score (nSPS) is 18.2. The van der Waals surface area contributed by atoms with Crippen LogP contribution in [0.5, 0.6) is 0 Å². The van der Waals surface area contributed by atoms with Gasteiger partial charge in [-0.25, -0.2) is 0 Å². The Balaban J connectivity index is 1.40. The van der Waals surface area contributed by atoms with Crippen LogP contribution in [-0.4, -0.2) is 16.8 Å². The second kappa shape index (κ2) is 6.84. The highest BCUT2D eigenvalue weighted by atomic mass is 16.3. The molecular weight excluding hydrogens is 330 g/mol. The van der Waals surface area contributed by atoms with E-state index in [-0.39, 0.29) is 23.7 Å². The van der Waals surface area contributed by atoms with Crippen LogP contribution in [0.4, 0.5) is 11.4 Å². The van der Waals surface area contributed by atoms with Gasteiger partial charge in [0.15, 0.2) is 0 Å². The molecule has 0 bridgehead atoms. The van der Waals surface area contributed by atoms with Gasteiger partial charge < -0.3 is 15.1 Å². The smallest absolute Gasteiger partial charge is 0.255 e. The first kappa shape index (κ1) is 16.1. The molecule has 2 unspecified atom stereocenters. The molecule has 6 nitrogen and oxygen atoms in total. The average molecular weight is 347 g/mol. The summed E-state index contributed by atoms with van der Waals surface area (Å²) in [4.78, 5) is 28.7. The van der Waals surface area contributed by atoms with E-state index < -0.39 is 0 Å². The van der Waals surface area contributed by atoms with Crippen LogP contribution >= 0.6 is 0 Å². The van der Waals surface area contributed by atoms with E-state index >= 15 is 0 Å². The molecule has 2 N–H and O–H groups in total. The molecule has 1 fully saturated rings. The zero-order valence-electron chi connectivity index (χ0n) is 13.9. The van der Waals surface area contributed by atoms with Crippen molar-refractivity contribution in [1.82, 2.24) is 4.98 Å². The number of hydrogen-bond acceptors (Lipinski definition) is 4. The van der Waals surface area contributed by atoms with Gasteiger partial charge in [-0.05, 0) is 48.9 Å². The number of furan rings is 1. The maximum absolute atomic E-state index is 12.4. The zero-order valence-corrected chi connectivity index (χ0v) is 13.9. The standard InChI is InChI=1S/C20H17N3O3/c24-19(22-14-6-8-21-9-7-14)13-3-1-4-15(11-13)23-20(25)17-12-16(17)18-5-2-10-26-18/h1-11,16-17H,12H2,(H,23,25)(H,21,22,24). The Morgan fingerprint density at radius 3 is 2.62 bits per heavy atom. The topological polar surface area (TPSA) is 84.2 Å². The van der Waals surface area contributed by atoms with Crippen LogP contribution in [0.1, 0.15) is 28.5 Å². The lowest BCUT2D eigenvalue weighted by atomic mass is 10.1. The lowest BCUT2D eigenvalue weighted by Gasteiger charge is -2.08. The van der Waals surface area contributed by atoms with E-state index in [9.17, 15) is 9.59 Å². The molecule has 0 saturated heterocycles. The molecule has 0 spiro atoms. The Morgan fingerprint density at radius 1 is 1.00 bits per heavy atom. The van der Waals surface area contributed by atoms with Gasteiger partial charge in [0.05, 0.1) is 6.26 Å². The summed E-state index contributed by atoms with van der Waals surface area (Å²) < 4.78 is 5.36. The minimum absolute atomic E-state index is 0.0573. The summed E-state index contributed by atoms with van der Waals surface area (Å²) in [6.45, 7) is 0. The van der Waals surface area contributed by atoms with Crippen molar-refractivity contribution in [2.75, 3.05) is 10.6 Å². The molecule has 1 aliphatic carbocycles. The predicted molar refractivity (Wildman–Crippen MR) is 96.8 cm³/mol. The summed E-state index contributed by atoms with van der Waals surface area (Å²) >= 11 is 0. The summed E-state index contributed by atoms with van der Waals surface area (Å²) in [5.41, 5.74) is 1.74. The van der Waals surface area contributed by atoms with E-state index in [1.807, 2.05) is 12.1 Å². The second-order valence-electron chi connectivity index (χ2n) is 6.22. The molecule has 3 aromatic rings. The van der Waals surface area contributed by atoms with Crippen molar-refractivity contribution in [3.8, 4) is 0 Å². The summed E-state index contributed by atoms with van der Waals surface area (Å²) in [7, 11) is 0. The highest BCUT2D eigenvalue weighted by molar-refractivity contribution is 6.05. The number of hydrogen-bond donors (Lipinski definition) is 2. The first-order valence-electron chi connectivity index (χ1n) is 8.36. The molecule has 26 heavy (non-hydrogen) atoms. The van der Waals surface area contributed by atoms with Crippen molar-refractivity contribution in [3.63, 3.8) is 0 Å². The maximum Gasteiger partial charge on any atom is 0.255 e. The van der Waals surface area contributed by atoms with E-state index in [0.29, 0.717) is 16.9 Å². The van der Waals surface area contributed by atoms with Crippen LogP contribution in [0.25, 0.3) is 0 Å². The van der Waals surface area contributed by atoms with Crippen molar-refractivity contribution < 1.29 is 14.0 Å². The number of pyridine rings is 1. The number of anilines is 2. The Hall–Kier alpha value is -3.41. The lowest BCUT2D eigenvalue weighted by molar-refractivity contribution is -0.117. The van der Waals surface area contributed by atoms with Gasteiger partial charge in [-0.3, -0.25) is 14.6 Å². The SMILES string of the molecule is O=C(Nc1ccncc1)c1cccc(NC(=O)C2CC2c2ccco2)c1. The maximum atomic E-state index is 12.4. The largest absolute Gasteiger partial charge is 0.469 e. The minimum atomic E-state index is -0.243. The minimum Gasteiger partial charge on any atom is -0.469 e. The molecule has 130 valence electrons. The number of carbonyl (C=O) groups is 2. The fourth-order valence-corrected chi connectivity index (χ4v) is 2.91. The number of nitrogens with one attached hydrogen (secondary N) is 2. The molecule has 0 radical (unpaired) electrons. The number of nitrogens with zero attached hydrogens (tertiary/aromatic N) is 1. The van der Waals surface area contributed by atoms with Gasteiger partial charge in [-0.2, -0.15) is 0 Å². The molecule has 1 aromatic carbocycles. The number of amides is 2. The number of benzene rings is 1. The second-order valence-corrected chi connectivity index (χ2v) is 6.22. The number of rotatable bonds is 5. The predicted octanol–water partition coefficient (Wildman–Crippen LogP) is 3.67. The zero-order chi connectivity index (χ0) is 17.9. The van der Waals surface area contributed by atoms with Crippen molar-refractivity contribution in [2.24, 2.45) is 5.92 Å². The first-order valence-corrected chi connectivity index (χ1v) is 8.36. The Labute approximate surface area is 150 Å². The third-order valence-electron chi connectivity index (χ3n) is 4.37. The number of aromatic nitrogens is 1. The van der Waals surface area contributed by atoms with Crippen molar-refractivity contribution in [2.45, 2.75) is 12.3 Å². The molecule has 1 saturated carbocycles. The van der Waals surface area contributed by atoms with Crippen LogP contribution in [0.15, 0.2) is 71.6 Å². The molecule has 0 aliphatic heterocycles. The van der Waals surface area contributed by atoms with E-state index in [1.54, 1.807) is 55.1 Å². The van der Waals surface area contributed by atoms with Crippen LogP contribution < -0.4 is 10.6 Å². The van der Waals surface area contributed by atoms with Crippen LogP contribution in [0.3, 0.4) is 0 Å². The van der Waals surface area contributed by atoms with Gasteiger partial charge >= 0.3 is 0 Å². The van der Waals surface area contributed by atoms with E-state index in [2.05, 4.69) is 15.6 Å². The first-order chi connectivity index (χ1) is 12.7. The van der Waals surface area contributed by atoms with Gasteiger partial charge in [-0.1, -0.05) is 6.07 Å². The van der Waals surface area contributed by atoms with Crippen LogP contribution in [-0.2, 0) is 4.79 Å². The highest BCUT2D eigenvalue weighted by Crippen LogP contribution is 2.48. The number of carbonyl (C=O) groups excluding carboxylic acids is 2. The fourth-order valence-electron chi connectivity index (χ4n) is 2.91. The van der Waals surface area contributed by atoms with Gasteiger partial charge in [0.1, 0.15) is 5.76 Å². The monoisotopic (exact) mass is 347 g/mol. The fraction of sp³-hybridized carbons (Fsp3) is 0.150. The van der Waals surface area contributed by atoms with Gasteiger partial charge in [0.25, 0.3) is 5.91 Å². The van der Waals surface area contributed by atoms with Crippen LogP contribution in [0, 0.1) is 5.92 Å². The third-order valence-corrected chi connectivity index (χ3v) is 4.37. The third kappa shape index (κ3) is 3.49. The molecule has 1 aliphatic rings. The lowest BCUT2D eigenvalue weighted by Crippen LogP contribution is -2.16. The highest BCUT2D eigenvalue weighted by Gasteiger charge is 2.45. The van der Waals surface area contributed by atoms with Crippen LogP contribution in [0.2, 0.25) is 0 Å². The van der Waals surface area contributed by atoms with Crippen molar-refractivity contribution in [3.05, 3.63) is 78.5 Å². The quantitative estimate of drug-likeness (QED) is 0.737. The molecule has 2 amide bonds. The molecule has 4 rings (SSSR count). The summed E-state index contributed by atoms with van der Waals surface area (Å²) in [5.74, 6) is 0.597. The Kier molecular flexibility index (Phi) is 4.23.